The Bertz CT molecular complexity index is 334. The Balaban J connectivity index is 0.000000411. The van der Waals surface area contributed by atoms with Crippen molar-refractivity contribution in [1.82, 2.24) is 0 Å². The Morgan fingerprint density at radius 3 is 1.22 bits per heavy atom. The predicted molar refractivity (Wildman–Crippen MR) is 63.8 cm³/mol. The van der Waals surface area contributed by atoms with Crippen molar-refractivity contribution < 1.29 is 30.0 Å². The molecule has 1 aromatic carbocycles. The number of carboxylic acid groups (broad SMARTS) is 2. The molecule has 0 aliphatic carbocycles. The van der Waals surface area contributed by atoms with E-state index in [1.165, 1.54) is 24.3 Å². The van der Waals surface area contributed by atoms with Crippen molar-refractivity contribution in [1.29, 1.82) is 0 Å². The van der Waals surface area contributed by atoms with Gasteiger partial charge in [-0.25, -0.2) is 9.59 Å². The standard InChI is InChI=1S/C8H6O4.C4H10O2/c9-7(10)5-1-2-6(4-3-5)8(11)12;5-3-1-2-4-6/h1-4H,(H,9,10)(H,11,12);5-6H,1-4H2. The third-order valence-electron chi connectivity index (χ3n) is 1.95. The number of aromatic carboxylic acids is 2. The zero-order chi connectivity index (χ0) is 14.0. The van der Waals surface area contributed by atoms with Crippen LogP contribution in [0, 0.1) is 0 Å². The van der Waals surface area contributed by atoms with Crippen LogP contribution in [0.3, 0.4) is 0 Å². The molecule has 0 atom stereocenters. The summed E-state index contributed by atoms with van der Waals surface area (Å²) in [7, 11) is 0. The fourth-order valence-corrected chi connectivity index (χ4v) is 0.979. The summed E-state index contributed by atoms with van der Waals surface area (Å²) in [5.41, 5.74) is 0.167. The first kappa shape index (κ1) is 16.1. The van der Waals surface area contributed by atoms with Crippen molar-refractivity contribution in [2.24, 2.45) is 0 Å². The van der Waals surface area contributed by atoms with Gasteiger partial charge in [-0.2, -0.15) is 0 Å². The second-order valence-electron chi connectivity index (χ2n) is 3.34. The molecule has 0 radical (unpaired) electrons. The molecule has 6 nitrogen and oxygen atoms in total. The SMILES string of the molecule is O=C(O)c1ccc(C(=O)O)cc1.OCCCCO. The molecule has 0 aromatic heterocycles. The van der Waals surface area contributed by atoms with E-state index in [-0.39, 0.29) is 24.3 Å². The summed E-state index contributed by atoms with van der Waals surface area (Å²) in [4.78, 5) is 20.7. The molecule has 0 spiro atoms. The van der Waals surface area contributed by atoms with Gasteiger partial charge in [0, 0.05) is 13.2 Å². The highest BCUT2D eigenvalue weighted by Gasteiger charge is 2.04. The quantitative estimate of drug-likeness (QED) is 0.580. The molecule has 0 fully saturated rings. The molecule has 1 aromatic rings. The number of benzene rings is 1. The molecule has 0 amide bonds. The maximum Gasteiger partial charge on any atom is 0.335 e. The van der Waals surface area contributed by atoms with E-state index in [9.17, 15) is 9.59 Å². The lowest BCUT2D eigenvalue weighted by Crippen LogP contribution is -1.99. The van der Waals surface area contributed by atoms with E-state index in [0.29, 0.717) is 0 Å². The third kappa shape index (κ3) is 6.62. The average molecular weight is 256 g/mol. The van der Waals surface area contributed by atoms with Crippen LogP contribution in [0.4, 0.5) is 0 Å². The van der Waals surface area contributed by atoms with Crippen LogP contribution in [-0.4, -0.2) is 45.6 Å². The molecule has 100 valence electrons. The first-order chi connectivity index (χ1) is 8.52. The second-order valence-corrected chi connectivity index (χ2v) is 3.34. The minimum absolute atomic E-state index is 0.0833. The predicted octanol–water partition coefficient (Wildman–Crippen LogP) is 0.834. The van der Waals surface area contributed by atoms with Crippen molar-refractivity contribution in [3.05, 3.63) is 35.4 Å². The zero-order valence-corrected chi connectivity index (χ0v) is 9.74. The van der Waals surface area contributed by atoms with Crippen LogP contribution in [0.1, 0.15) is 33.6 Å². The summed E-state index contributed by atoms with van der Waals surface area (Å²) in [6, 6.07) is 5.02. The first-order valence-corrected chi connectivity index (χ1v) is 5.31. The van der Waals surface area contributed by atoms with Gasteiger partial charge in [0.2, 0.25) is 0 Å². The van der Waals surface area contributed by atoms with Gasteiger partial charge in [0.1, 0.15) is 0 Å². The fraction of sp³-hybridized carbons (Fsp3) is 0.333. The molecule has 0 bridgehead atoms. The summed E-state index contributed by atoms with van der Waals surface area (Å²) in [6.07, 6.45) is 1.44. The number of carboxylic acids is 2. The van der Waals surface area contributed by atoms with Crippen LogP contribution < -0.4 is 0 Å². The largest absolute Gasteiger partial charge is 0.478 e. The number of rotatable bonds is 5. The van der Waals surface area contributed by atoms with Gasteiger partial charge in [-0.1, -0.05) is 0 Å². The van der Waals surface area contributed by atoms with E-state index in [1.54, 1.807) is 0 Å². The molecule has 18 heavy (non-hydrogen) atoms. The lowest BCUT2D eigenvalue weighted by atomic mass is 10.1. The number of hydrogen-bond donors (Lipinski definition) is 4. The molecule has 0 saturated heterocycles. The molecule has 0 saturated carbocycles. The molecular weight excluding hydrogens is 240 g/mol. The van der Waals surface area contributed by atoms with E-state index in [4.69, 9.17) is 20.4 Å². The van der Waals surface area contributed by atoms with Crippen LogP contribution in [0.15, 0.2) is 24.3 Å². The fourth-order valence-electron chi connectivity index (χ4n) is 0.979. The molecule has 1 rings (SSSR count). The van der Waals surface area contributed by atoms with Crippen LogP contribution >= 0.6 is 0 Å². The molecule has 0 aliphatic heterocycles. The lowest BCUT2D eigenvalue weighted by Gasteiger charge is -1.94. The molecule has 0 heterocycles. The van der Waals surface area contributed by atoms with Crippen molar-refractivity contribution in [2.45, 2.75) is 12.8 Å². The van der Waals surface area contributed by atoms with Crippen LogP contribution in [0.25, 0.3) is 0 Å². The lowest BCUT2D eigenvalue weighted by molar-refractivity contribution is 0.0681. The van der Waals surface area contributed by atoms with Gasteiger partial charge in [0.05, 0.1) is 11.1 Å². The highest BCUT2D eigenvalue weighted by Crippen LogP contribution is 2.03. The van der Waals surface area contributed by atoms with E-state index < -0.39 is 11.9 Å². The van der Waals surface area contributed by atoms with Gasteiger partial charge in [-0.3, -0.25) is 0 Å². The molecule has 0 unspecified atom stereocenters. The molecule has 0 aliphatic rings. The number of aliphatic hydroxyl groups is 2. The highest BCUT2D eigenvalue weighted by molar-refractivity contribution is 5.91. The number of carbonyl (C=O) groups is 2. The zero-order valence-electron chi connectivity index (χ0n) is 9.74. The number of unbranched alkanes of at least 4 members (excludes halogenated alkanes) is 1. The van der Waals surface area contributed by atoms with Crippen LogP contribution in [0.2, 0.25) is 0 Å². The smallest absolute Gasteiger partial charge is 0.335 e. The van der Waals surface area contributed by atoms with Gasteiger partial charge in [0.15, 0.2) is 0 Å². The average Bonchev–Trinajstić information content (AvgIpc) is 2.37. The maximum atomic E-state index is 10.3. The minimum atomic E-state index is -1.06. The van der Waals surface area contributed by atoms with E-state index >= 15 is 0 Å². The van der Waals surface area contributed by atoms with E-state index in [2.05, 4.69) is 0 Å². The Hall–Kier alpha value is -1.92. The summed E-state index contributed by atoms with van der Waals surface area (Å²) in [6.45, 7) is 0.390. The van der Waals surface area contributed by atoms with Gasteiger partial charge in [-0.05, 0) is 37.1 Å². The Morgan fingerprint density at radius 2 is 1.06 bits per heavy atom. The molecular formula is C12H16O6. The Kier molecular flexibility index (Phi) is 8.17. The van der Waals surface area contributed by atoms with Crippen molar-refractivity contribution in [3.8, 4) is 0 Å². The van der Waals surface area contributed by atoms with Crippen molar-refractivity contribution >= 4 is 11.9 Å². The normalized spacial score (nSPS) is 9.22. The Labute approximate surface area is 104 Å². The monoisotopic (exact) mass is 256 g/mol. The summed E-state index contributed by atoms with van der Waals surface area (Å²) in [5.74, 6) is -2.13. The maximum absolute atomic E-state index is 10.3. The van der Waals surface area contributed by atoms with Crippen molar-refractivity contribution in [3.63, 3.8) is 0 Å². The van der Waals surface area contributed by atoms with Gasteiger partial charge in [0.25, 0.3) is 0 Å². The third-order valence-corrected chi connectivity index (χ3v) is 1.95. The topological polar surface area (TPSA) is 115 Å². The molecule has 6 heteroatoms. The van der Waals surface area contributed by atoms with Gasteiger partial charge < -0.3 is 20.4 Å². The van der Waals surface area contributed by atoms with E-state index in [0.717, 1.165) is 12.8 Å². The number of aliphatic hydroxyl groups excluding tert-OH is 2. The Morgan fingerprint density at radius 1 is 0.778 bits per heavy atom. The summed E-state index contributed by atoms with van der Waals surface area (Å²) >= 11 is 0. The van der Waals surface area contributed by atoms with E-state index in [1.807, 2.05) is 0 Å². The van der Waals surface area contributed by atoms with Gasteiger partial charge in [-0.15, -0.1) is 0 Å². The summed E-state index contributed by atoms with van der Waals surface area (Å²) < 4.78 is 0. The van der Waals surface area contributed by atoms with Crippen LogP contribution in [0.5, 0.6) is 0 Å². The second kappa shape index (κ2) is 9.15. The minimum Gasteiger partial charge on any atom is -0.478 e. The molecule has 4 N–H and O–H groups in total. The van der Waals surface area contributed by atoms with Gasteiger partial charge >= 0.3 is 11.9 Å². The van der Waals surface area contributed by atoms with Crippen LogP contribution in [-0.2, 0) is 0 Å². The van der Waals surface area contributed by atoms with Crippen molar-refractivity contribution in [2.75, 3.05) is 13.2 Å². The highest BCUT2D eigenvalue weighted by atomic mass is 16.4. The number of hydrogen-bond acceptors (Lipinski definition) is 4. The summed E-state index contributed by atoms with van der Waals surface area (Å²) in [5, 5.41) is 33.1. The first-order valence-electron chi connectivity index (χ1n) is 5.31.